The molecule has 0 radical (unpaired) electrons. The molecule has 9 heteroatoms. The number of amides is 1. The minimum absolute atomic E-state index is 0.0242. The molecule has 0 spiro atoms. The summed E-state index contributed by atoms with van der Waals surface area (Å²) >= 11 is 1.55. The molecule has 2 aromatic carbocycles. The highest BCUT2D eigenvalue weighted by Crippen LogP contribution is 2.17. The Hall–Kier alpha value is -3.06. The average molecular weight is 444 g/mol. The van der Waals surface area contributed by atoms with Gasteiger partial charge in [0.2, 0.25) is 10.0 Å². The van der Waals surface area contributed by atoms with Crippen molar-refractivity contribution in [1.82, 2.24) is 10.0 Å². The van der Waals surface area contributed by atoms with E-state index in [1.165, 1.54) is 42.5 Å². The Morgan fingerprint density at radius 3 is 2.47 bits per heavy atom. The Morgan fingerprint density at radius 1 is 1.10 bits per heavy atom. The van der Waals surface area contributed by atoms with E-state index in [2.05, 4.69) is 10.0 Å². The lowest BCUT2D eigenvalue weighted by Gasteiger charge is -2.13. The molecule has 6 nitrogen and oxygen atoms in total. The summed E-state index contributed by atoms with van der Waals surface area (Å²) in [6.45, 7) is 0.261. The van der Waals surface area contributed by atoms with E-state index in [4.69, 9.17) is 0 Å². The highest BCUT2D eigenvalue weighted by Gasteiger charge is 2.19. The molecule has 0 saturated heterocycles. The maximum Gasteiger partial charge on any atom is 0.252 e. The van der Waals surface area contributed by atoms with Crippen LogP contribution >= 0.6 is 11.3 Å². The lowest BCUT2D eigenvalue weighted by molar-refractivity contribution is 0.0944. The van der Waals surface area contributed by atoms with Gasteiger partial charge in [-0.05, 0) is 48.2 Å². The van der Waals surface area contributed by atoms with Crippen molar-refractivity contribution >= 4 is 27.3 Å². The molecule has 0 bridgehead atoms. The van der Waals surface area contributed by atoms with Crippen LogP contribution in [0.2, 0.25) is 0 Å². The third-order valence-electron chi connectivity index (χ3n) is 4.29. The first-order chi connectivity index (χ1) is 14.4. The topological polar surface area (TPSA) is 99.1 Å². The van der Waals surface area contributed by atoms with Gasteiger partial charge in [0, 0.05) is 22.5 Å². The Bertz CT molecular complexity index is 1150. The number of nitrogens with zero attached hydrogens (tertiary/aromatic N) is 1. The maximum absolute atomic E-state index is 13.9. The summed E-state index contributed by atoms with van der Waals surface area (Å²) in [4.78, 5) is 13.5. The van der Waals surface area contributed by atoms with Crippen LogP contribution in [0.15, 0.2) is 70.9 Å². The van der Waals surface area contributed by atoms with Gasteiger partial charge in [0.25, 0.3) is 5.91 Å². The van der Waals surface area contributed by atoms with Crippen LogP contribution in [0.5, 0.6) is 0 Å². The van der Waals surface area contributed by atoms with Gasteiger partial charge in [-0.1, -0.05) is 24.3 Å². The summed E-state index contributed by atoms with van der Waals surface area (Å²) < 4.78 is 41.2. The van der Waals surface area contributed by atoms with Crippen molar-refractivity contribution in [2.75, 3.05) is 6.54 Å². The van der Waals surface area contributed by atoms with Gasteiger partial charge in [-0.15, -0.1) is 11.3 Å². The van der Waals surface area contributed by atoms with Crippen LogP contribution < -0.4 is 10.0 Å². The number of sulfonamides is 1. The largest absolute Gasteiger partial charge is 0.332 e. The van der Waals surface area contributed by atoms with E-state index in [0.29, 0.717) is 6.42 Å². The molecule has 0 aliphatic carbocycles. The summed E-state index contributed by atoms with van der Waals surface area (Å²) in [5, 5.41) is 13.7. The molecular weight excluding hydrogens is 425 g/mol. The van der Waals surface area contributed by atoms with Crippen molar-refractivity contribution < 1.29 is 17.6 Å². The van der Waals surface area contributed by atoms with Crippen LogP contribution in [0.4, 0.5) is 4.39 Å². The monoisotopic (exact) mass is 443 g/mol. The molecule has 2 N–H and O–H groups in total. The lowest BCUT2D eigenvalue weighted by Crippen LogP contribution is -2.28. The van der Waals surface area contributed by atoms with E-state index in [9.17, 15) is 22.9 Å². The molecule has 3 aromatic rings. The number of nitriles is 1. The predicted molar refractivity (Wildman–Crippen MR) is 112 cm³/mol. The summed E-state index contributed by atoms with van der Waals surface area (Å²) in [7, 11) is -3.71. The molecule has 154 valence electrons. The number of rotatable bonds is 8. The second-order valence-electron chi connectivity index (χ2n) is 6.31. The standard InChI is InChI=1S/C21H18FN3O3S2/c22-19-6-2-1-5-18(19)20(14-23)25-21(26)15-7-9-17(10-8-15)30(27,28)24-12-11-16-4-3-13-29-16/h1-10,13,20,24H,11-12H2,(H,25,26). The van der Waals surface area contributed by atoms with Gasteiger partial charge in [0.1, 0.15) is 11.9 Å². The van der Waals surface area contributed by atoms with Gasteiger partial charge in [0.15, 0.2) is 0 Å². The third kappa shape index (κ3) is 5.30. The minimum Gasteiger partial charge on any atom is -0.332 e. The molecule has 3 rings (SSSR count). The number of hydrogen-bond donors (Lipinski definition) is 2. The highest BCUT2D eigenvalue weighted by molar-refractivity contribution is 7.89. The lowest BCUT2D eigenvalue weighted by atomic mass is 10.1. The molecule has 0 fully saturated rings. The highest BCUT2D eigenvalue weighted by atomic mass is 32.2. The summed E-state index contributed by atoms with van der Waals surface area (Å²) in [6, 6.07) is 15.5. The van der Waals surface area contributed by atoms with Crippen LogP contribution in [-0.2, 0) is 16.4 Å². The van der Waals surface area contributed by atoms with Crippen molar-refractivity contribution in [3.63, 3.8) is 0 Å². The normalized spacial score (nSPS) is 12.1. The maximum atomic E-state index is 13.9. The van der Waals surface area contributed by atoms with Gasteiger partial charge in [0.05, 0.1) is 11.0 Å². The van der Waals surface area contributed by atoms with E-state index >= 15 is 0 Å². The van der Waals surface area contributed by atoms with Gasteiger partial charge in [-0.25, -0.2) is 17.5 Å². The Kier molecular flexibility index (Phi) is 6.95. The molecule has 0 aliphatic rings. The Balaban J connectivity index is 1.64. The third-order valence-corrected chi connectivity index (χ3v) is 6.70. The van der Waals surface area contributed by atoms with Crippen molar-refractivity contribution in [3.8, 4) is 6.07 Å². The van der Waals surface area contributed by atoms with Crippen molar-refractivity contribution in [2.24, 2.45) is 0 Å². The first-order valence-electron chi connectivity index (χ1n) is 8.98. The molecule has 1 unspecified atom stereocenters. The molecule has 0 aliphatic heterocycles. The molecular formula is C21H18FN3O3S2. The number of hydrogen-bond acceptors (Lipinski definition) is 5. The summed E-state index contributed by atoms with van der Waals surface area (Å²) in [6.07, 6.45) is 0.586. The van der Waals surface area contributed by atoms with Gasteiger partial charge in [-0.2, -0.15) is 5.26 Å². The molecule has 1 aromatic heterocycles. The van der Waals surface area contributed by atoms with Crippen molar-refractivity contribution in [1.29, 1.82) is 5.26 Å². The van der Waals surface area contributed by atoms with E-state index in [1.807, 2.05) is 23.6 Å². The van der Waals surface area contributed by atoms with Crippen molar-refractivity contribution in [3.05, 3.63) is 87.9 Å². The fraction of sp³-hybridized carbons (Fsp3) is 0.143. The smallest absolute Gasteiger partial charge is 0.252 e. The number of carbonyl (C=O) groups excluding carboxylic acids is 1. The zero-order valence-corrected chi connectivity index (χ0v) is 17.3. The number of thiophene rings is 1. The number of halogens is 1. The van der Waals surface area contributed by atoms with Crippen LogP contribution in [-0.4, -0.2) is 20.9 Å². The van der Waals surface area contributed by atoms with Gasteiger partial charge >= 0.3 is 0 Å². The van der Waals surface area contributed by atoms with E-state index in [0.717, 1.165) is 4.88 Å². The quantitative estimate of drug-likeness (QED) is 0.557. The predicted octanol–water partition coefficient (Wildman–Crippen LogP) is 3.40. The summed E-state index contributed by atoms with van der Waals surface area (Å²) in [5.41, 5.74) is 0.214. The second kappa shape index (κ2) is 9.63. The SMILES string of the molecule is N#CC(NC(=O)c1ccc(S(=O)(=O)NCCc2cccs2)cc1)c1ccccc1F. The number of carbonyl (C=O) groups is 1. The fourth-order valence-corrected chi connectivity index (χ4v) is 4.48. The second-order valence-corrected chi connectivity index (χ2v) is 9.11. The average Bonchev–Trinajstić information content (AvgIpc) is 3.26. The van der Waals surface area contributed by atoms with Crippen molar-refractivity contribution in [2.45, 2.75) is 17.4 Å². The Labute approximate surface area is 178 Å². The zero-order valence-electron chi connectivity index (χ0n) is 15.7. The molecule has 1 atom stereocenters. The minimum atomic E-state index is -3.71. The number of benzene rings is 2. The first kappa shape index (κ1) is 21.6. The van der Waals surface area contributed by atoms with Crippen LogP contribution in [0.3, 0.4) is 0 Å². The molecule has 1 heterocycles. The Morgan fingerprint density at radius 2 is 1.83 bits per heavy atom. The van der Waals surface area contributed by atoms with Gasteiger partial charge in [-0.3, -0.25) is 4.79 Å². The fourth-order valence-electron chi connectivity index (χ4n) is 2.74. The van der Waals surface area contributed by atoms with Gasteiger partial charge < -0.3 is 5.32 Å². The number of nitrogens with one attached hydrogen (secondary N) is 2. The first-order valence-corrected chi connectivity index (χ1v) is 11.3. The van der Waals surface area contributed by atoms with E-state index in [-0.39, 0.29) is 22.6 Å². The van der Waals surface area contributed by atoms with Crippen LogP contribution in [0.1, 0.15) is 26.8 Å². The van der Waals surface area contributed by atoms with E-state index in [1.54, 1.807) is 17.4 Å². The molecule has 30 heavy (non-hydrogen) atoms. The van der Waals surface area contributed by atoms with Crippen LogP contribution in [0, 0.1) is 17.1 Å². The summed E-state index contributed by atoms with van der Waals surface area (Å²) in [5.74, 6) is -1.21. The molecule has 1 amide bonds. The van der Waals surface area contributed by atoms with E-state index < -0.39 is 27.8 Å². The zero-order chi connectivity index (χ0) is 21.6. The molecule has 0 saturated carbocycles. The van der Waals surface area contributed by atoms with Crippen LogP contribution in [0.25, 0.3) is 0 Å².